The van der Waals surface area contributed by atoms with E-state index in [1.165, 1.54) is 11.2 Å². The molecule has 3 rings (SSSR count). The summed E-state index contributed by atoms with van der Waals surface area (Å²) in [5.41, 5.74) is 7.67. The molecule has 1 amide bonds. The molecule has 0 saturated carbocycles. The molecule has 122 valence electrons. The number of carbonyl (C=O) groups excluding carboxylic acids is 1. The Morgan fingerprint density at radius 1 is 1.38 bits per heavy atom. The molecular weight excluding hydrogens is 322 g/mol. The lowest BCUT2D eigenvalue weighted by molar-refractivity contribution is -0.128. The third kappa shape index (κ3) is 2.88. The Morgan fingerprint density at radius 2 is 2.17 bits per heavy atom. The highest BCUT2D eigenvalue weighted by Crippen LogP contribution is 2.38. The molecule has 3 heterocycles. The fraction of sp³-hybridized carbons (Fsp3) is 0.294. The normalized spacial score (nSPS) is 20.4. The first kappa shape index (κ1) is 16.1. The number of nitrogens with zero attached hydrogens (tertiary/aromatic N) is 4. The maximum atomic E-state index is 12.1. The SMILES string of the molecule is CC#Cc1cc(-c2csc([C@]3(C)CC(=O)N(C)C(N)=N3)c2)ncn1. The van der Waals surface area contributed by atoms with Crippen molar-refractivity contribution in [3.8, 4) is 23.1 Å². The number of rotatable bonds is 2. The average Bonchev–Trinajstić information content (AvgIpc) is 3.04. The van der Waals surface area contributed by atoms with E-state index in [-0.39, 0.29) is 11.9 Å². The van der Waals surface area contributed by atoms with E-state index < -0.39 is 5.54 Å². The van der Waals surface area contributed by atoms with Crippen LogP contribution < -0.4 is 5.73 Å². The first-order valence-electron chi connectivity index (χ1n) is 7.39. The highest BCUT2D eigenvalue weighted by atomic mass is 32.1. The Hall–Kier alpha value is -2.72. The molecule has 1 atom stereocenters. The van der Waals surface area contributed by atoms with Gasteiger partial charge in [-0.3, -0.25) is 9.69 Å². The Labute approximate surface area is 144 Å². The van der Waals surface area contributed by atoms with Crippen LogP contribution in [0.1, 0.15) is 30.8 Å². The van der Waals surface area contributed by atoms with Crippen molar-refractivity contribution in [1.82, 2.24) is 14.9 Å². The highest BCUT2D eigenvalue weighted by molar-refractivity contribution is 7.10. The lowest BCUT2D eigenvalue weighted by atomic mass is 9.93. The van der Waals surface area contributed by atoms with E-state index in [0.717, 1.165) is 16.1 Å². The van der Waals surface area contributed by atoms with Gasteiger partial charge in [0.15, 0.2) is 5.96 Å². The van der Waals surface area contributed by atoms with Gasteiger partial charge in [0.1, 0.15) is 17.6 Å². The largest absolute Gasteiger partial charge is 0.369 e. The van der Waals surface area contributed by atoms with Crippen LogP contribution in [0.4, 0.5) is 0 Å². The van der Waals surface area contributed by atoms with Crippen molar-refractivity contribution < 1.29 is 4.79 Å². The zero-order chi connectivity index (χ0) is 17.3. The third-order valence-corrected chi connectivity index (χ3v) is 5.10. The fourth-order valence-corrected chi connectivity index (χ4v) is 3.52. The second-order valence-corrected chi connectivity index (χ2v) is 6.65. The van der Waals surface area contributed by atoms with Gasteiger partial charge in [0.05, 0.1) is 12.1 Å². The van der Waals surface area contributed by atoms with E-state index in [9.17, 15) is 4.79 Å². The monoisotopic (exact) mass is 339 g/mol. The summed E-state index contributed by atoms with van der Waals surface area (Å²) in [5, 5.41) is 2.00. The molecule has 0 aliphatic carbocycles. The minimum absolute atomic E-state index is 0.0394. The number of hydrogen-bond acceptors (Lipinski definition) is 6. The van der Waals surface area contributed by atoms with Gasteiger partial charge in [0.2, 0.25) is 5.91 Å². The molecule has 0 bridgehead atoms. The van der Waals surface area contributed by atoms with Crippen LogP contribution in [-0.4, -0.2) is 33.8 Å². The molecule has 6 nitrogen and oxygen atoms in total. The van der Waals surface area contributed by atoms with E-state index in [0.29, 0.717) is 12.1 Å². The Morgan fingerprint density at radius 3 is 2.88 bits per heavy atom. The standard InChI is InChI=1S/C17H17N5OS/c1-4-5-12-7-13(20-10-19-12)11-6-14(24-9-11)17(2)8-15(23)22(3)16(18)21-17/h6-7,9-10H,8H2,1-3H3,(H2,18,21)/t17-/m0/s1. The molecule has 1 aliphatic rings. The molecule has 0 fully saturated rings. The van der Waals surface area contributed by atoms with Crippen molar-refractivity contribution in [3.05, 3.63) is 34.4 Å². The smallest absolute Gasteiger partial charge is 0.231 e. The molecule has 0 aromatic carbocycles. The van der Waals surface area contributed by atoms with Crippen LogP contribution in [0.25, 0.3) is 11.3 Å². The van der Waals surface area contributed by atoms with Crippen molar-refractivity contribution in [2.75, 3.05) is 7.05 Å². The summed E-state index contributed by atoms with van der Waals surface area (Å²) in [6.45, 7) is 3.69. The van der Waals surface area contributed by atoms with Gasteiger partial charge in [-0.05, 0) is 31.9 Å². The number of aliphatic imine (C=N–C) groups is 1. The Balaban J connectivity index is 1.97. The summed E-state index contributed by atoms with van der Waals surface area (Å²) < 4.78 is 0. The van der Waals surface area contributed by atoms with E-state index >= 15 is 0 Å². The van der Waals surface area contributed by atoms with Gasteiger partial charge in [-0.15, -0.1) is 11.3 Å². The summed E-state index contributed by atoms with van der Waals surface area (Å²) in [7, 11) is 1.64. The molecule has 0 spiro atoms. The molecule has 24 heavy (non-hydrogen) atoms. The van der Waals surface area contributed by atoms with Gasteiger partial charge in [-0.1, -0.05) is 5.92 Å². The first-order chi connectivity index (χ1) is 11.4. The van der Waals surface area contributed by atoms with E-state index in [4.69, 9.17) is 5.73 Å². The van der Waals surface area contributed by atoms with Crippen LogP contribution >= 0.6 is 11.3 Å². The van der Waals surface area contributed by atoms with Crippen LogP contribution in [0, 0.1) is 11.8 Å². The topological polar surface area (TPSA) is 84.5 Å². The van der Waals surface area contributed by atoms with Crippen molar-refractivity contribution in [2.45, 2.75) is 25.8 Å². The zero-order valence-corrected chi connectivity index (χ0v) is 14.5. The molecule has 7 heteroatoms. The lowest BCUT2D eigenvalue weighted by Gasteiger charge is -2.32. The number of guanidine groups is 1. The van der Waals surface area contributed by atoms with Gasteiger partial charge in [0, 0.05) is 22.9 Å². The van der Waals surface area contributed by atoms with E-state index in [1.807, 2.05) is 24.4 Å². The van der Waals surface area contributed by atoms with Crippen LogP contribution in [0.3, 0.4) is 0 Å². The minimum atomic E-state index is -0.643. The molecule has 0 radical (unpaired) electrons. The second-order valence-electron chi connectivity index (χ2n) is 5.74. The van der Waals surface area contributed by atoms with Gasteiger partial charge in [0.25, 0.3) is 0 Å². The van der Waals surface area contributed by atoms with Crippen LogP contribution in [0.5, 0.6) is 0 Å². The number of aromatic nitrogens is 2. The van der Waals surface area contributed by atoms with E-state index in [2.05, 4.69) is 26.8 Å². The predicted octanol–water partition coefficient (Wildman–Crippen LogP) is 1.97. The Kier molecular flexibility index (Phi) is 4.08. The van der Waals surface area contributed by atoms with Gasteiger partial charge in [-0.25, -0.2) is 15.0 Å². The average molecular weight is 339 g/mol. The number of nitrogens with two attached hydrogens (primary N) is 1. The molecule has 2 aromatic heterocycles. The molecule has 2 N–H and O–H groups in total. The van der Waals surface area contributed by atoms with Gasteiger partial charge in [-0.2, -0.15) is 0 Å². The molecule has 0 saturated heterocycles. The summed E-state index contributed by atoms with van der Waals surface area (Å²) in [6, 6.07) is 3.85. The highest BCUT2D eigenvalue weighted by Gasteiger charge is 2.37. The maximum Gasteiger partial charge on any atom is 0.231 e. The number of amides is 1. The first-order valence-corrected chi connectivity index (χ1v) is 8.27. The summed E-state index contributed by atoms with van der Waals surface area (Å²) in [5.74, 6) is 5.96. The van der Waals surface area contributed by atoms with Crippen molar-refractivity contribution in [3.63, 3.8) is 0 Å². The predicted molar refractivity (Wildman–Crippen MR) is 94.3 cm³/mol. The lowest BCUT2D eigenvalue weighted by Crippen LogP contribution is -2.47. The quantitative estimate of drug-likeness (QED) is 0.848. The number of carbonyl (C=O) groups is 1. The van der Waals surface area contributed by atoms with Crippen molar-refractivity contribution in [2.24, 2.45) is 10.7 Å². The molecule has 1 aliphatic heterocycles. The summed E-state index contributed by atoms with van der Waals surface area (Å²) in [6.07, 6.45) is 1.80. The molecule has 2 aromatic rings. The maximum absolute atomic E-state index is 12.1. The van der Waals surface area contributed by atoms with Gasteiger partial charge < -0.3 is 5.73 Å². The van der Waals surface area contributed by atoms with Crippen LogP contribution in [0.2, 0.25) is 0 Å². The fourth-order valence-electron chi connectivity index (χ4n) is 2.51. The Bertz CT molecular complexity index is 892. The van der Waals surface area contributed by atoms with Crippen molar-refractivity contribution >= 4 is 23.2 Å². The minimum Gasteiger partial charge on any atom is -0.369 e. The van der Waals surface area contributed by atoms with Crippen LogP contribution in [-0.2, 0) is 10.3 Å². The zero-order valence-electron chi connectivity index (χ0n) is 13.7. The van der Waals surface area contributed by atoms with Gasteiger partial charge >= 0.3 is 0 Å². The van der Waals surface area contributed by atoms with Crippen LogP contribution in [0.15, 0.2) is 28.8 Å². The van der Waals surface area contributed by atoms with E-state index in [1.54, 1.807) is 25.3 Å². The van der Waals surface area contributed by atoms with Crippen molar-refractivity contribution in [1.29, 1.82) is 0 Å². The third-order valence-electron chi connectivity index (χ3n) is 3.92. The summed E-state index contributed by atoms with van der Waals surface area (Å²) in [4.78, 5) is 27.4. The second kappa shape index (κ2) is 6.06. The molecular formula is C17H17N5OS. The number of hydrogen-bond donors (Lipinski definition) is 1. The number of thiophene rings is 1. The molecule has 0 unspecified atom stereocenters. The summed E-state index contributed by atoms with van der Waals surface area (Å²) >= 11 is 1.54.